The second kappa shape index (κ2) is 11.7. The third kappa shape index (κ3) is 4.51. The van der Waals surface area contributed by atoms with Gasteiger partial charge in [-0.1, -0.05) is 97.1 Å². The molecule has 0 fully saturated rings. The van der Waals surface area contributed by atoms with Crippen LogP contribution in [0.2, 0.25) is 0 Å². The van der Waals surface area contributed by atoms with Crippen LogP contribution in [0.4, 0.5) is 34.1 Å². The first-order chi connectivity index (χ1) is 27.3. The van der Waals surface area contributed by atoms with Crippen molar-refractivity contribution in [2.24, 2.45) is 0 Å². The third-order valence-corrected chi connectivity index (χ3v) is 12.2. The van der Waals surface area contributed by atoms with E-state index >= 15 is 0 Å². The molecule has 4 heterocycles. The molecule has 4 nitrogen and oxygen atoms in total. The van der Waals surface area contributed by atoms with Gasteiger partial charge in [0.25, 0.3) is 0 Å². The predicted octanol–water partition coefficient (Wildman–Crippen LogP) is 14.9. The van der Waals surface area contributed by atoms with Gasteiger partial charge in [0.05, 0.1) is 10.9 Å². The lowest BCUT2D eigenvalue weighted by Crippen LogP contribution is -2.09. The maximum atomic E-state index is 6.90. The van der Waals surface area contributed by atoms with Crippen LogP contribution in [0.1, 0.15) is 0 Å². The van der Waals surface area contributed by atoms with Crippen LogP contribution >= 0.6 is 11.3 Å². The summed E-state index contributed by atoms with van der Waals surface area (Å²) < 4.78 is 10.5. The van der Waals surface area contributed by atoms with Crippen LogP contribution in [-0.4, -0.2) is 4.40 Å². The number of benzene rings is 8. The Morgan fingerprint density at radius 2 is 0.945 bits per heavy atom. The average Bonchev–Trinajstić information content (AvgIpc) is 3.97. The highest BCUT2D eigenvalue weighted by molar-refractivity contribution is 7.25. The molecule has 12 aromatic rings. The number of para-hydroxylation sites is 5. The number of thiophene rings is 1. The highest BCUT2D eigenvalue weighted by Crippen LogP contribution is 2.49. The number of hydrogen-bond donors (Lipinski definition) is 0. The Labute approximate surface area is 320 Å². The Balaban J connectivity index is 1.06. The minimum atomic E-state index is 0.905. The lowest BCUT2D eigenvalue weighted by molar-refractivity contribution is 0.652. The maximum Gasteiger partial charge on any atom is 0.214 e. The molecule has 0 bridgehead atoms. The second-order valence-corrected chi connectivity index (χ2v) is 15.2. The summed E-state index contributed by atoms with van der Waals surface area (Å²) in [5.74, 6) is 0. The standard InChI is InChI=1S/C50H31N3OS/c1-5-14-34(15-6-1)51(35-16-7-2-8-17-35)38-25-24-32-30-44-42(29-33(32)28-38)46-40-22-13-23-41-47-43-31-39(26-27-45(43)55-50(47)53(48(40)41)49(46)54-44)52(36-18-9-3-10-19-36)37-20-11-4-12-21-37/h1-31H. The Kier molecular flexibility index (Phi) is 6.47. The molecular formula is C50H31N3OS. The quantitative estimate of drug-likeness (QED) is 0.171. The van der Waals surface area contributed by atoms with Gasteiger partial charge in [-0.25, -0.2) is 0 Å². The Morgan fingerprint density at radius 3 is 1.55 bits per heavy atom. The van der Waals surface area contributed by atoms with Crippen LogP contribution in [0, 0.1) is 0 Å². The zero-order chi connectivity index (χ0) is 36.0. The van der Waals surface area contributed by atoms with Gasteiger partial charge in [-0.2, -0.15) is 0 Å². The van der Waals surface area contributed by atoms with Gasteiger partial charge in [-0.15, -0.1) is 11.3 Å². The molecule has 0 unspecified atom stereocenters. The van der Waals surface area contributed by atoms with Crippen LogP contribution in [0.25, 0.3) is 69.4 Å². The van der Waals surface area contributed by atoms with E-state index in [9.17, 15) is 0 Å². The van der Waals surface area contributed by atoms with Gasteiger partial charge in [0.15, 0.2) is 0 Å². The van der Waals surface area contributed by atoms with Crippen molar-refractivity contribution < 1.29 is 4.42 Å². The molecule has 0 atom stereocenters. The molecule has 8 aromatic carbocycles. The molecule has 0 N–H and O–H groups in total. The molecule has 0 amide bonds. The molecular weight excluding hydrogens is 691 g/mol. The van der Waals surface area contributed by atoms with E-state index in [0.717, 1.165) is 56.2 Å². The molecule has 258 valence electrons. The molecule has 0 saturated carbocycles. The van der Waals surface area contributed by atoms with Gasteiger partial charge < -0.3 is 14.2 Å². The fourth-order valence-corrected chi connectivity index (χ4v) is 9.89. The predicted molar refractivity (Wildman–Crippen MR) is 233 cm³/mol. The molecule has 55 heavy (non-hydrogen) atoms. The van der Waals surface area contributed by atoms with Gasteiger partial charge >= 0.3 is 0 Å². The van der Waals surface area contributed by atoms with Crippen molar-refractivity contribution in [2.45, 2.75) is 0 Å². The van der Waals surface area contributed by atoms with Crippen molar-refractivity contribution in [3.8, 4) is 0 Å². The summed E-state index contributed by atoms with van der Waals surface area (Å²) in [5.41, 5.74) is 9.78. The summed E-state index contributed by atoms with van der Waals surface area (Å²) in [6.07, 6.45) is 0. The summed E-state index contributed by atoms with van der Waals surface area (Å²) in [6.45, 7) is 0. The topological polar surface area (TPSA) is 24.0 Å². The molecule has 0 aliphatic rings. The summed E-state index contributed by atoms with van der Waals surface area (Å²) in [6, 6.07) is 67.3. The minimum Gasteiger partial charge on any atom is -0.439 e. The number of anilines is 6. The van der Waals surface area contributed by atoms with Crippen molar-refractivity contribution in [1.82, 2.24) is 4.40 Å². The van der Waals surface area contributed by atoms with E-state index in [1.807, 2.05) is 11.3 Å². The first kappa shape index (κ1) is 30.4. The molecule has 5 heteroatoms. The van der Waals surface area contributed by atoms with E-state index in [-0.39, 0.29) is 0 Å². The lowest BCUT2D eigenvalue weighted by Gasteiger charge is -2.25. The van der Waals surface area contributed by atoms with Crippen LogP contribution in [0.3, 0.4) is 0 Å². The molecule has 4 aromatic heterocycles. The molecule has 0 spiro atoms. The zero-order valence-corrected chi connectivity index (χ0v) is 30.4. The van der Waals surface area contributed by atoms with Crippen molar-refractivity contribution in [1.29, 1.82) is 0 Å². The summed E-state index contributed by atoms with van der Waals surface area (Å²) >= 11 is 1.84. The van der Waals surface area contributed by atoms with Gasteiger partial charge in [-0.3, -0.25) is 4.40 Å². The highest BCUT2D eigenvalue weighted by atomic mass is 32.1. The van der Waals surface area contributed by atoms with E-state index in [0.29, 0.717) is 0 Å². The van der Waals surface area contributed by atoms with E-state index in [1.54, 1.807) is 0 Å². The Morgan fingerprint density at radius 1 is 0.400 bits per heavy atom. The fourth-order valence-electron chi connectivity index (χ4n) is 8.69. The SMILES string of the molecule is c1ccc(N(c2ccccc2)c2ccc3cc4oc5c(c4cc3c2)c2cccc3c4c6cc(N(c7ccccc7)c7ccccc7)ccc6sc4n5c23)cc1. The first-order valence-corrected chi connectivity index (χ1v) is 19.4. The van der Waals surface area contributed by atoms with Crippen LogP contribution in [0.15, 0.2) is 192 Å². The van der Waals surface area contributed by atoms with Crippen molar-refractivity contribution in [3.05, 3.63) is 188 Å². The number of fused-ring (bicyclic) bond motifs is 11. The lowest BCUT2D eigenvalue weighted by atomic mass is 10.0. The molecule has 0 aliphatic carbocycles. The summed E-state index contributed by atoms with van der Waals surface area (Å²) in [7, 11) is 0. The minimum absolute atomic E-state index is 0.905. The van der Waals surface area contributed by atoms with E-state index in [2.05, 4.69) is 202 Å². The van der Waals surface area contributed by atoms with Crippen molar-refractivity contribution in [2.75, 3.05) is 9.80 Å². The number of aromatic nitrogens is 1. The van der Waals surface area contributed by atoms with Gasteiger partial charge in [0.1, 0.15) is 10.4 Å². The van der Waals surface area contributed by atoms with Crippen LogP contribution in [-0.2, 0) is 0 Å². The summed E-state index contributed by atoms with van der Waals surface area (Å²) in [5, 5.41) is 9.65. The maximum absolute atomic E-state index is 6.90. The van der Waals surface area contributed by atoms with E-state index in [4.69, 9.17) is 4.42 Å². The Bertz CT molecular complexity index is 3290. The number of nitrogens with zero attached hydrogens (tertiary/aromatic N) is 3. The van der Waals surface area contributed by atoms with Crippen molar-refractivity contribution >= 4 is 115 Å². The number of furan rings is 1. The summed E-state index contributed by atoms with van der Waals surface area (Å²) in [4.78, 5) is 5.87. The van der Waals surface area contributed by atoms with Gasteiger partial charge in [0, 0.05) is 65.8 Å². The number of rotatable bonds is 6. The molecule has 0 saturated heterocycles. The van der Waals surface area contributed by atoms with Gasteiger partial charge in [-0.05, 0) is 102 Å². The highest BCUT2D eigenvalue weighted by Gasteiger charge is 2.26. The van der Waals surface area contributed by atoms with E-state index < -0.39 is 0 Å². The van der Waals surface area contributed by atoms with Crippen LogP contribution in [0.5, 0.6) is 0 Å². The molecule has 0 radical (unpaired) electrons. The molecule has 12 rings (SSSR count). The number of hydrogen-bond acceptors (Lipinski definition) is 4. The molecule has 0 aliphatic heterocycles. The average molecular weight is 722 g/mol. The first-order valence-electron chi connectivity index (χ1n) is 18.6. The third-order valence-electron chi connectivity index (χ3n) is 11.0. The monoisotopic (exact) mass is 721 g/mol. The zero-order valence-electron chi connectivity index (χ0n) is 29.6. The Hall–Kier alpha value is -7.08. The van der Waals surface area contributed by atoms with Crippen molar-refractivity contribution in [3.63, 3.8) is 0 Å². The fraction of sp³-hybridized carbons (Fsp3) is 0. The normalized spacial score (nSPS) is 12.0. The van der Waals surface area contributed by atoms with E-state index in [1.165, 1.54) is 47.4 Å². The smallest absolute Gasteiger partial charge is 0.214 e. The van der Waals surface area contributed by atoms with Gasteiger partial charge in [0.2, 0.25) is 5.71 Å². The van der Waals surface area contributed by atoms with Crippen LogP contribution < -0.4 is 9.80 Å². The largest absolute Gasteiger partial charge is 0.439 e. The second-order valence-electron chi connectivity index (χ2n) is 14.2.